The van der Waals surface area contributed by atoms with Gasteiger partial charge in [-0.3, -0.25) is 9.59 Å². The summed E-state index contributed by atoms with van der Waals surface area (Å²) in [6.07, 6.45) is 4.19. The van der Waals surface area contributed by atoms with Crippen LogP contribution in [-0.4, -0.2) is 17.6 Å². The molecular formula is C24H28N2O4. The summed E-state index contributed by atoms with van der Waals surface area (Å²) in [6.45, 7) is 3.55. The predicted molar refractivity (Wildman–Crippen MR) is 119 cm³/mol. The van der Waals surface area contributed by atoms with Crippen molar-refractivity contribution >= 4 is 23.1 Å². The second-order valence-electron chi connectivity index (χ2n) is 7.22. The maximum Gasteiger partial charge on any atom is 0.298 e. The minimum absolute atomic E-state index is 0.0690. The number of aryl methyl sites for hydroxylation is 1. The maximum atomic E-state index is 12.8. The van der Waals surface area contributed by atoms with Crippen LogP contribution in [0.2, 0.25) is 0 Å². The smallest absolute Gasteiger partial charge is 0.298 e. The molecule has 0 saturated heterocycles. The number of anilines is 1. The van der Waals surface area contributed by atoms with Crippen LogP contribution in [0, 0.1) is 0 Å². The number of hydrogen-bond acceptors (Lipinski definition) is 5. The molecule has 3 rings (SSSR count). The predicted octanol–water partition coefficient (Wildman–Crippen LogP) is 4.64. The lowest BCUT2D eigenvalue weighted by atomic mass is 10.1. The van der Waals surface area contributed by atoms with E-state index in [4.69, 9.17) is 9.47 Å². The van der Waals surface area contributed by atoms with Crippen LogP contribution in [0.25, 0.3) is 10.9 Å². The van der Waals surface area contributed by atoms with Crippen LogP contribution in [0.4, 0.5) is 5.69 Å². The van der Waals surface area contributed by atoms with E-state index in [1.54, 1.807) is 7.05 Å². The van der Waals surface area contributed by atoms with Crippen LogP contribution in [0.1, 0.15) is 38.2 Å². The van der Waals surface area contributed by atoms with E-state index in [0.717, 1.165) is 42.3 Å². The molecule has 6 nitrogen and oxygen atoms in total. The van der Waals surface area contributed by atoms with Crippen molar-refractivity contribution in [3.63, 3.8) is 0 Å². The fourth-order valence-corrected chi connectivity index (χ4v) is 3.39. The van der Waals surface area contributed by atoms with E-state index in [1.807, 2.05) is 36.4 Å². The van der Waals surface area contributed by atoms with Gasteiger partial charge in [-0.1, -0.05) is 56.5 Å². The zero-order chi connectivity index (χ0) is 21.3. The number of rotatable bonds is 11. The minimum atomic E-state index is -0.404. The maximum absolute atomic E-state index is 12.8. The quantitative estimate of drug-likeness (QED) is 0.370. The van der Waals surface area contributed by atoms with Gasteiger partial charge in [-0.2, -0.15) is 0 Å². The lowest BCUT2D eigenvalue weighted by molar-refractivity contribution is -0.120. The Hall–Kier alpha value is -3.28. The zero-order valence-corrected chi connectivity index (χ0v) is 17.5. The summed E-state index contributed by atoms with van der Waals surface area (Å²) in [6, 6.07) is 15.8. The van der Waals surface area contributed by atoms with Gasteiger partial charge in [0, 0.05) is 24.7 Å². The van der Waals surface area contributed by atoms with Gasteiger partial charge in [0.25, 0.3) is 12.0 Å². The first kappa shape index (κ1) is 21.4. The van der Waals surface area contributed by atoms with Gasteiger partial charge < -0.3 is 19.4 Å². The molecule has 0 spiro atoms. The summed E-state index contributed by atoms with van der Waals surface area (Å²) < 4.78 is 12.4. The number of unbranched alkanes of at least 4 members (excludes halogenated alkanes) is 3. The fraction of sp³-hybridized carbons (Fsp3) is 0.333. The largest absolute Gasteiger partial charge is 0.489 e. The summed E-state index contributed by atoms with van der Waals surface area (Å²) in [5.74, 6) is 0.256. The third-order valence-electron chi connectivity index (χ3n) is 5.06. The highest BCUT2D eigenvalue weighted by Gasteiger charge is 2.18. The molecule has 1 N–H and O–H groups in total. The fourth-order valence-electron chi connectivity index (χ4n) is 3.39. The summed E-state index contributed by atoms with van der Waals surface area (Å²) in [7, 11) is 1.66. The van der Waals surface area contributed by atoms with Crippen molar-refractivity contribution in [1.29, 1.82) is 0 Å². The van der Waals surface area contributed by atoms with E-state index in [2.05, 4.69) is 24.4 Å². The van der Waals surface area contributed by atoms with Crippen molar-refractivity contribution in [2.45, 2.75) is 39.2 Å². The molecule has 0 aliphatic rings. The Bertz CT molecular complexity index is 1040. The van der Waals surface area contributed by atoms with E-state index in [-0.39, 0.29) is 12.2 Å². The standard InChI is InChI=1S/C24H28N2O4/c1-3-4-5-9-14-29-22-20-13-12-19(25-16-18-10-7-6-8-11-18)15-21(20)26(2)24(28)23(22)30-17-27/h6-8,10-13,15,17,25H,3-5,9,14,16H2,1-2H3. The Morgan fingerprint density at radius 3 is 2.57 bits per heavy atom. The van der Waals surface area contributed by atoms with Crippen LogP contribution >= 0.6 is 0 Å². The van der Waals surface area contributed by atoms with Gasteiger partial charge in [0.05, 0.1) is 12.1 Å². The van der Waals surface area contributed by atoms with E-state index < -0.39 is 5.56 Å². The molecule has 0 atom stereocenters. The Labute approximate surface area is 176 Å². The third-order valence-corrected chi connectivity index (χ3v) is 5.06. The molecule has 0 bridgehead atoms. The molecule has 6 heteroatoms. The Morgan fingerprint density at radius 2 is 1.83 bits per heavy atom. The molecule has 0 saturated carbocycles. The molecule has 158 valence electrons. The van der Waals surface area contributed by atoms with E-state index in [0.29, 0.717) is 24.4 Å². The number of hydrogen-bond donors (Lipinski definition) is 1. The molecule has 0 fully saturated rings. The van der Waals surface area contributed by atoms with Crippen molar-refractivity contribution in [3.8, 4) is 11.5 Å². The highest BCUT2D eigenvalue weighted by molar-refractivity contribution is 5.90. The molecule has 2 aromatic carbocycles. The first-order chi connectivity index (χ1) is 14.7. The number of fused-ring (bicyclic) bond motifs is 1. The van der Waals surface area contributed by atoms with Gasteiger partial charge in [-0.05, 0) is 30.2 Å². The molecule has 0 aliphatic carbocycles. The molecule has 1 heterocycles. The van der Waals surface area contributed by atoms with Gasteiger partial charge in [-0.15, -0.1) is 0 Å². The van der Waals surface area contributed by atoms with Crippen LogP contribution in [-0.2, 0) is 18.4 Å². The van der Waals surface area contributed by atoms with Crippen LogP contribution in [0.3, 0.4) is 0 Å². The lowest BCUT2D eigenvalue weighted by Crippen LogP contribution is -2.21. The number of ether oxygens (including phenoxy) is 2. The summed E-state index contributed by atoms with van der Waals surface area (Å²) in [5, 5.41) is 4.11. The van der Waals surface area contributed by atoms with Crippen LogP contribution in [0.5, 0.6) is 11.5 Å². The number of aromatic nitrogens is 1. The topological polar surface area (TPSA) is 69.6 Å². The van der Waals surface area contributed by atoms with Gasteiger partial charge in [-0.25, -0.2) is 0 Å². The average Bonchev–Trinajstić information content (AvgIpc) is 2.78. The van der Waals surface area contributed by atoms with Crippen molar-refractivity contribution < 1.29 is 14.3 Å². The monoisotopic (exact) mass is 408 g/mol. The Morgan fingerprint density at radius 1 is 1.03 bits per heavy atom. The van der Waals surface area contributed by atoms with E-state index in [9.17, 15) is 9.59 Å². The summed E-state index contributed by atoms with van der Waals surface area (Å²) in [4.78, 5) is 23.8. The first-order valence-electron chi connectivity index (χ1n) is 10.3. The van der Waals surface area contributed by atoms with E-state index in [1.165, 1.54) is 4.57 Å². The second kappa shape index (κ2) is 10.5. The molecule has 3 aromatic rings. The van der Waals surface area contributed by atoms with Gasteiger partial charge >= 0.3 is 0 Å². The van der Waals surface area contributed by atoms with Gasteiger partial charge in [0.15, 0.2) is 5.75 Å². The molecule has 0 radical (unpaired) electrons. The molecule has 0 unspecified atom stereocenters. The highest BCUT2D eigenvalue weighted by Crippen LogP contribution is 2.34. The van der Waals surface area contributed by atoms with Crippen LogP contribution in [0.15, 0.2) is 53.3 Å². The molecule has 0 aliphatic heterocycles. The molecular weight excluding hydrogens is 380 g/mol. The van der Waals surface area contributed by atoms with Crippen LogP contribution < -0.4 is 20.3 Å². The summed E-state index contributed by atoms with van der Waals surface area (Å²) >= 11 is 0. The third kappa shape index (κ3) is 5.00. The average molecular weight is 408 g/mol. The first-order valence-corrected chi connectivity index (χ1v) is 10.3. The van der Waals surface area contributed by atoms with Crippen molar-refractivity contribution in [3.05, 3.63) is 64.4 Å². The Kier molecular flexibility index (Phi) is 7.49. The van der Waals surface area contributed by atoms with Gasteiger partial charge in [0.2, 0.25) is 5.75 Å². The Balaban J connectivity index is 1.91. The lowest BCUT2D eigenvalue weighted by Gasteiger charge is -2.16. The number of pyridine rings is 1. The van der Waals surface area contributed by atoms with Gasteiger partial charge in [0.1, 0.15) is 0 Å². The highest BCUT2D eigenvalue weighted by atomic mass is 16.5. The molecule has 0 amide bonds. The molecule has 1 aromatic heterocycles. The van der Waals surface area contributed by atoms with Crippen molar-refractivity contribution in [2.75, 3.05) is 11.9 Å². The second-order valence-corrected chi connectivity index (χ2v) is 7.22. The number of nitrogens with zero attached hydrogens (tertiary/aromatic N) is 1. The zero-order valence-electron chi connectivity index (χ0n) is 17.5. The molecule has 30 heavy (non-hydrogen) atoms. The van der Waals surface area contributed by atoms with Crippen molar-refractivity contribution in [1.82, 2.24) is 4.57 Å². The minimum Gasteiger partial charge on any atom is -0.489 e. The van der Waals surface area contributed by atoms with E-state index >= 15 is 0 Å². The number of carbonyl (C=O) groups is 1. The SMILES string of the molecule is CCCCCCOc1c(OC=O)c(=O)n(C)c2cc(NCc3ccccc3)ccc12. The van der Waals surface area contributed by atoms with Crippen molar-refractivity contribution in [2.24, 2.45) is 7.05 Å². The number of carbonyl (C=O) groups excluding carboxylic acids is 1. The normalized spacial score (nSPS) is 10.7. The number of benzene rings is 2. The number of nitrogens with one attached hydrogen (secondary N) is 1. The summed E-state index contributed by atoms with van der Waals surface area (Å²) in [5.41, 5.74) is 2.36.